The molecule has 2 aromatic heterocycles. The number of hydrogen-bond acceptors (Lipinski definition) is 4. The summed E-state index contributed by atoms with van der Waals surface area (Å²) in [7, 11) is 0. The summed E-state index contributed by atoms with van der Waals surface area (Å²) in [4.78, 5) is 39.8. The van der Waals surface area contributed by atoms with Crippen molar-refractivity contribution in [3.8, 4) is 0 Å². The maximum absolute atomic E-state index is 13.4. The molecule has 30 heavy (non-hydrogen) atoms. The zero-order valence-electron chi connectivity index (χ0n) is 16.5. The van der Waals surface area contributed by atoms with Gasteiger partial charge in [0.2, 0.25) is 5.78 Å². The third-order valence-corrected chi connectivity index (χ3v) is 5.59. The Morgan fingerprint density at radius 3 is 2.33 bits per heavy atom. The summed E-state index contributed by atoms with van der Waals surface area (Å²) < 4.78 is 7.14. The van der Waals surface area contributed by atoms with Gasteiger partial charge in [-0.1, -0.05) is 61.9 Å². The molecule has 0 saturated carbocycles. The van der Waals surface area contributed by atoms with Gasteiger partial charge in [0, 0.05) is 17.3 Å². The number of rotatable bonds is 4. The Kier molecular flexibility index (Phi) is 4.24. The number of carbonyl (C=O) groups excluding carboxylic acids is 3. The SMILES string of the molecule is CCCCOC(=O)c1c2c(n3cc4ccccc4cc13)C(=O)c1ccccc1C2=O. The highest BCUT2D eigenvalue weighted by Crippen LogP contribution is 2.35. The van der Waals surface area contributed by atoms with E-state index in [0.717, 1.165) is 23.6 Å². The van der Waals surface area contributed by atoms with Gasteiger partial charge in [-0.3, -0.25) is 9.59 Å². The van der Waals surface area contributed by atoms with Gasteiger partial charge < -0.3 is 9.14 Å². The van der Waals surface area contributed by atoms with Gasteiger partial charge in [0.05, 0.1) is 23.3 Å². The van der Waals surface area contributed by atoms with Crippen LogP contribution in [0.3, 0.4) is 0 Å². The van der Waals surface area contributed by atoms with Crippen molar-refractivity contribution in [1.82, 2.24) is 4.40 Å². The van der Waals surface area contributed by atoms with E-state index in [4.69, 9.17) is 4.74 Å². The summed E-state index contributed by atoms with van der Waals surface area (Å²) in [5, 5.41) is 1.83. The predicted molar refractivity (Wildman–Crippen MR) is 113 cm³/mol. The van der Waals surface area contributed by atoms with Crippen LogP contribution in [0.1, 0.15) is 62.1 Å². The van der Waals surface area contributed by atoms with Gasteiger partial charge in [-0.05, 0) is 23.3 Å². The smallest absolute Gasteiger partial charge is 0.341 e. The number of ketones is 2. The molecular formula is C25H19NO4. The largest absolute Gasteiger partial charge is 0.462 e. The molecule has 0 fully saturated rings. The molecule has 1 aliphatic carbocycles. The lowest BCUT2D eigenvalue weighted by atomic mass is 9.86. The van der Waals surface area contributed by atoms with Crippen LogP contribution < -0.4 is 0 Å². The molecule has 0 radical (unpaired) electrons. The summed E-state index contributed by atoms with van der Waals surface area (Å²) in [5.41, 5.74) is 1.71. The van der Waals surface area contributed by atoms with E-state index in [1.165, 1.54) is 0 Å². The summed E-state index contributed by atoms with van der Waals surface area (Å²) in [6, 6.07) is 16.3. The Hall–Kier alpha value is -3.73. The zero-order valence-corrected chi connectivity index (χ0v) is 16.5. The number of benzene rings is 2. The normalized spacial score (nSPS) is 12.8. The van der Waals surface area contributed by atoms with Crippen molar-refractivity contribution in [2.45, 2.75) is 19.8 Å². The second-order valence-corrected chi connectivity index (χ2v) is 7.45. The summed E-state index contributed by atoms with van der Waals surface area (Å²) in [5.74, 6) is -1.16. The van der Waals surface area contributed by atoms with Crippen molar-refractivity contribution < 1.29 is 19.1 Å². The standard InChI is InChI=1S/C25H19NO4/c1-2-3-12-30-25(29)20-19-13-15-8-4-5-9-16(15)14-26(19)22-21(20)23(27)17-10-6-7-11-18(17)24(22)28/h4-11,13-14H,2-3,12H2,1H3. The average Bonchev–Trinajstić information content (AvgIpc) is 3.10. The number of nitrogens with zero attached hydrogens (tertiary/aromatic N) is 1. The summed E-state index contributed by atoms with van der Waals surface area (Å²) >= 11 is 0. The van der Waals surface area contributed by atoms with Crippen LogP contribution in [-0.2, 0) is 4.74 Å². The minimum atomic E-state index is -0.571. The maximum atomic E-state index is 13.4. The van der Waals surface area contributed by atoms with Crippen molar-refractivity contribution in [3.63, 3.8) is 0 Å². The van der Waals surface area contributed by atoms with Crippen LogP contribution in [-0.4, -0.2) is 28.5 Å². The van der Waals surface area contributed by atoms with E-state index in [2.05, 4.69) is 0 Å². The number of pyridine rings is 1. The molecule has 0 amide bonds. The quantitative estimate of drug-likeness (QED) is 0.322. The molecule has 0 spiro atoms. The van der Waals surface area contributed by atoms with E-state index < -0.39 is 5.97 Å². The number of unbranched alkanes of at least 4 members (excludes halogenated alkanes) is 1. The van der Waals surface area contributed by atoms with Crippen molar-refractivity contribution in [1.29, 1.82) is 0 Å². The molecular weight excluding hydrogens is 378 g/mol. The monoisotopic (exact) mass is 397 g/mol. The first-order valence-electron chi connectivity index (χ1n) is 10.0. The third kappa shape index (κ3) is 2.59. The van der Waals surface area contributed by atoms with E-state index in [-0.39, 0.29) is 35.0 Å². The van der Waals surface area contributed by atoms with E-state index in [0.29, 0.717) is 16.6 Å². The third-order valence-electron chi connectivity index (χ3n) is 5.59. The molecule has 5 rings (SSSR count). The highest BCUT2D eigenvalue weighted by Gasteiger charge is 2.38. The number of aromatic nitrogens is 1. The molecule has 0 N–H and O–H groups in total. The van der Waals surface area contributed by atoms with Crippen molar-refractivity contribution in [2.24, 2.45) is 0 Å². The highest BCUT2D eigenvalue weighted by atomic mass is 16.5. The Labute approximate surface area is 172 Å². The Morgan fingerprint density at radius 2 is 1.60 bits per heavy atom. The Balaban J connectivity index is 1.83. The molecule has 5 heteroatoms. The first kappa shape index (κ1) is 18.3. The number of fused-ring (bicyclic) bond motifs is 5. The first-order valence-corrected chi connectivity index (χ1v) is 10.0. The second-order valence-electron chi connectivity index (χ2n) is 7.45. The molecule has 5 nitrogen and oxygen atoms in total. The van der Waals surface area contributed by atoms with Crippen LogP contribution >= 0.6 is 0 Å². The van der Waals surface area contributed by atoms with E-state index >= 15 is 0 Å². The van der Waals surface area contributed by atoms with E-state index in [1.807, 2.05) is 43.5 Å². The molecule has 2 heterocycles. The van der Waals surface area contributed by atoms with Crippen molar-refractivity contribution in [3.05, 3.63) is 88.7 Å². The van der Waals surface area contributed by atoms with Crippen LogP contribution in [0.15, 0.2) is 60.8 Å². The lowest BCUT2D eigenvalue weighted by molar-refractivity contribution is 0.0499. The number of ether oxygens (including phenoxy) is 1. The molecule has 4 aromatic rings. The molecule has 1 aliphatic rings. The van der Waals surface area contributed by atoms with Crippen LogP contribution in [0.2, 0.25) is 0 Å². The van der Waals surface area contributed by atoms with Gasteiger partial charge >= 0.3 is 5.97 Å². The number of esters is 1. The van der Waals surface area contributed by atoms with Crippen molar-refractivity contribution in [2.75, 3.05) is 6.61 Å². The zero-order chi connectivity index (χ0) is 20.8. The fourth-order valence-electron chi connectivity index (χ4n) is 4.10. The van der Waals surface area contributed by atoms with Crippen LogP contribution in [0, 0.1) is 0 Å². The number of carbonyl (C=O) groups is 3. The topological polar surface area (TPSA) is 64.8 Å². The molecule has 2 aromatic carbocycles. The van der Waals surface area contributed by atoms with E-state index in [1.54, 1.807) is 28.7 Å². The fourth-order valence-corrected chi connectivity index (χ4v) is 4.10. The fraction of sp³-hybridized carbons (Fsp3) is 0.160. The maximum Gasteiger partial charge on any atom is 0.341 e. The van der Waals surface area contributed by atoms with Crippen LogP contribution in [0.4, 0.5) is 0 Å². The first-order chi connectivity index (χ1) is 14.6. The molecule has 0 atom stereocenters. The predicted octanol–water partition coefficient (Wildman–Crippen LogP) is 4.82. The van der Waals surface area contributed by atoms with Gasteiger partial charge in [0.25, 0.3) is 0 Å². The van der Waals surface area contributed by atoms with Gasteiger partial charge in [-0.2, -0.15) is 0 Å². The molecule has 148 valence electrons. The molecule has 0 unspecified atom stereocenters. The Morgan fingerprint density at radius 1 is 0.933 bits per heavy atom. The minimum absolute atomic E-state index is 0.135. The number of hydrogen-bond donors (Lipinski definition) is 0. The molecule has 0 aliphatic heterocycles. The summed E-state index contributed by atoms with van der Waals surface area (Å²) in [6.45, 7) is 2.28. The van der Waals surface area contributed by atoms with Crippen molar-refractivity contribution >= 4 is 33.8 Å². The second kappa shape index (κ2) is 6.95. The van der Waals surface area contributed by atoms with Crippen LogP contribution in [0.25, 0.3) is 16.3 Å². The van der Waals surface area contributed by atoms with Crippen LogP contribution in [0.5, 0.6) is 0 Å². The molecule has 0 bridgehead atoms. The molecule has 0 saturated heterocycles. The summed E-state index contributed by atoms with van der Waals surface area (Å²) in [6.07, 6.45) is 3.43. The van der Waals surface area contributed by atoms with Gasteiger partial charge in [0.15, 0.2) is 5.78 Å². The van der Waals surface area contributed by atoms with E-state index in [9.17, 15) is 14.4 Å². The lowest BCUT2D eigenvalue weighted by Gasteiger charge is -2.15. The highest BCUT2D eigenvalue weighted by molar-refractivity contribution is 6.32. The van der Waals surface area contributed by atoms with Gasteiger partial charge in [0.1, 0.15) is 5.69 Å². The van der Waals surface area contributed by atoms with Gasteiger partial charge in [-0.25, -0.2) is 4.79 Å². The van der Waals surface area contributed by atoms with Gasteiger partial charge in [-0.15, -0.1) is 0 Å². The lowest BCUT2D eigenvalue weighted by Crippen LogP contribution is -2.23. The average molecular weight is 397 g/mol. The Bertz CT molecular complexity index is 1360. The minimum Gasteiger partial charge on any atom is -0.462 e.